The minimum absolute atomic E-state index is 0.286. The fourth-order valence-electron chi connectivity index (χ4n) is 1.64. The molecule has 0 atom stereocenters. The molecule has 0 aliphatic carbocycles. The van der Waals surface area contributed by atoms with Gasteiger partial charge in [-0.3, -0.25) is 4.98 Å². The third-order valence-electron chi connectivity index (χ3n) is 2.48. The average molecular weight is 292 g/mol. The first-order chi connectivity index (χ1) is 8.24. The number of H-pyrrole nitrogens is 1. The summed E-state index contributed by atoms with van der Waals surface area (Å²) in [6.45, 7) is 0. The highest BCUT2D eigenvalue weighted by Crippen LogP contribution is 2.24. The molecule has 1 N–H and O–H groups in total. The third-order valence-corrected chi connectivity index (χ3v) is 3.08. The van der Waals surface area contributed by atoms with E-state index < -0.39 is 0 Å². The largest absolute Gasteiger partial charge is 0.337 e. The number of fused-ring (bicyclic) bond motifs is 1. The van der Waals surface area contributed by atoms with Crippen molar-refractivity contribution in [1.29, 1.82) is 0 Å². The van der Waals surface area contributed by atoms with Gasteiger partial charge in [-0.2, -0.15) is 0 Å². The van der Waals surface area contributed by atoms with E-state index in [0.717, 1.165) is 16.6 Å². The zero-order valence-electron chi connectivity index (χ0n) is 8.61. The molecule has 3 aromatic rings. The number of imidazole rings is 1. The molecule has 84 valence electrons. The van der Waals surface area contributed by atoms with Gasteiger partial charge in [0.15, 0.2) is 0 Å². The smallest absolute Gasteiger partial charge is 0.138 e. The van der Waals surface area contributed by atoms with Gasteiger partial charge in [0.25, 0.3) is 0 Å². The normalized spacial score (nSPS) is 10.9. The molecule has 17 heavy (non-hydrogen) atoms. The molecule has 0 amide bonds. The summed E-state index contributed by atoms with van der Waals surface area (Å²) >= 11 is 3.16. The molecule has 3 nitrogen and oxygen atoms in total. The number of hydrogen-bond acceptors (Lipinski definition) is 2. The van der Waals surface area contributed by atoms with Crippen LogP contribution in [0.2, 0.25) is 0 Å². The van der Waals surface area contributed by atoms with Crippen molar-refractivity contribution in [3.8, 4) is 11.4 Å². The van der Waals surface area contributed by atoms with Crippen molar-refractivity contribution < 1.29 is 4.39 Å². The summed E-state index contributed by atoms with van der Waals surface area (Å²) in [6.07, 6.45) is 3.40. The quantitative estimate of drug-likeness (QED) is 0.745. The summed E-state index contributed by atoms with van der Waals surface area (Å²) in [5.74, 6) is 0.417. The minimum atomic E-state index is -0.286. The lowest BCUT2D eigenvalue weighted by atomic mass is 10.2. The first-order valence-corrected chi connectivity index (χ1v) is 5.78. The Hall–Kier alpha value is -1.75. The van der Waals surface area contributed by atoms with E-state index in [1.54, 1.807) is 24.5 Å². The molecule has 0 radical (unpaired) electrons. The van der Waals surface area contributed by atoms with Crippen molar-refractivity contribution >= 4 is 27.0 Å². The maximum atomic E-state index is 13.1. The highest BCUT2D eigenvalue weighted by Gasteiger charge is 2.07. The van der Waals surface area contributed by atoms with Crippen LogP contribution < -0.4 is 0 Å². The van der Waals surface area contributed by atoms with Crippen molar-refractivity contribution in [2.45, 2.75) is 0 Å². The Bertz CT molecular complexity index is 660. The van der Waals surface area contributed by atoms with Crippen LogP contribution in [0.3, 0.4) is 0 Å². The first-order valence-electron chi connectivity index (χ1n) is 4.99. The summed E-state index contributed by atoms with van der Waals surface area (Å²) in [4.78, 5) is 11.6. The number of pyridine rings is 1. The number of aromatic amines is 1. The summed E-state index contributed by atoms with van der Waals surface area (Å²) < 4.78 is 13.6. The number of benzene rings is 1. The van der Waals surface area contributed by atoms with Gasteiger partial charge >= 0.3 is 0 Å². The summed E-state index contributed by atoms with van der Waals surface area (Å²) in [6, 6.07) is 6.62. The van der Waals surface area contributed by atoms with Crippen LogP contribution >= 0.6 is 15.9 Å². The highest BCUT2D eigenvalue weighted by molar-refractivity contribution is 9.10. The zero-order valence-corrected chi connectivity index (χ0v) is 10.2. The van der Waals surface area contributed by atoms with E-state index in [2.05, 4.69) is 30.9 Å². The lowest BCUT2D eigenvalue weighted by Crippen LogP contribution is -1.83. The van der Waals surface area contributed by atoms with Crippen LogP contribution in [0.1, 0.15) is 0 Å². The Morgan fingerprint density at radius 1 is 1.24 bits per heavy atom. The molecule has 0 bridgehead atoms. The molecule has 0 aliphatic rings. The molecule has 0 unspecified atom stereocenters. The molecule has 1 aromatic carbocycles. The second-order valence-corrected chi connectivity index (χ2v) is 4.46. The van der Waals surface area contributed by atoms with E-state index in [-0.39, 0.29) is 5.82 Å². The molecule has 3 rings (SSSR count). The first kappa shape index (κ1) is 10.4. The van der Waals surface area contributed by atoms with Crippen LogP contribution in [-0.2, 0) is 0 Å². The molecule has 2 heterocycles. The predicted molar refractivity (Wildman–Crippen MR) is 67.0 cm³/mol. The van der Waals surface area contributed by atoms with E-state index in [1.807, 2.05) is 6.07 Å². The van der Waals surface area contributed by atoms with Gasteiger partial charge in [-0.1, -0.05) is 0 Å². The number of aromatic nitrogens is 3. The lowest BCUT2D eigenvalue weighted by Gasteiger charge is -1.98. The summed E-state index contributed by atoms with van der Waals surface area (Å²) in [5.41, 5.74) is 2.54. The highest BCUT2D eigenvalue weighted by atomic mass is 79.9. The summed E-state index contributed by atoms with van der Waals surface area (Å²) in [5, 5.41) is 0. The van der Waals surface area contributed by atoms with E-state index in [1.165, 1.54) is 6.07 Å². The molecule has 2 aromatic heterocycles. The van der Waals surface area contributed by atoms with Crippen LogP contribution in [0.25, 0.3) is 22.4 Å². The monoisotopic (exact) mass is 291 g/mol. The number of nitrogens with zero attached hydrogens (tertiary/aromatic N) is 2. The number of nitrogens with one attached hydrogen (secondary N) is 1. The molecule has 0 spiro atoms. The number of rotatable bonds is 1. The SMILES string of the molecule is Fc1ccc(-c2nc3ccncc3[nH]2)cc1Br. The van der Waals surface area contributed by atoms with Crippen LogP contribution in [0.4, 0.5) is 4.39 Å². The lowest BCUT2D eigenvalue weighted by molar-refractivity contribution is 0.621. The van der Waals surface area contributed by atoms with Crippen molar-refractivity contribution in [3.05, 3.63) is 46.9 Å². The van der Waals surface area contributed by atoms with Crippen LogP contribution in [0.15, 0.2) is 41.1 Å². The van der Waals surface area contributed by atoms with E-state index in [4.69, 9.17) is 0 Å². The minimum Gasteiger partial charge on any atom is -0.337 e. The fourth-order valence-corrected chi connectivity index (χ4v) is 2.02. The van der Waals surface area contributed by atoms with Crippen molar-refractivity contribution in [1.82, 2.24) is 15.0 Å². The van der Waals surface area contributed by atoms with Gasteiger partial charge in [0.05, 0.1) is 21.7 Å². The standard InChI is InChI=1S/C12H7BrFN3/c13-8-5-7(1-2-9(8)14)12-16-10-3-4-15-6-11(10)17-12/h1-6H,(H,16,17). The molecule has 5 heteroatoms. The van der Waals surface area contributed by atoms with Gasteiger partial charge in [0, 0.05) is 11.8 Å². The Kier molecular flexibility index (Phi) is 2.40. The topological polar surface area (TPSA) is 41.6 Å². The Morgan fingerprint density at radius 3 is 2.88 bits per heavy atom. The van der Waals surface area contributed by atoms with Crippen molar-refractivity contribution in [2.75, 3.05) is 0 Å². The fraction of sp³-hybridized carbons (Fsp3) is 0. The van der Waals surface area contributed by atoms with Gasteiger partial charge in [0.1, 0.15) is 11.6 Å². The van der Waals surface area contributed by atoms with E-state index in [0.29, 0.717) is 10.3 Å². The van der Waals surface area contributed by atoms with Gasteiger partial charge < -0.3 is 4.98 Å². The molecule has 0 saturated heterocycles. The zero-order chi connectivity index (χ0) is 11.8. The Morgan fingerprint density at radius 2 is 2.12 bits per heavy atom. The third kappa shape index (κ3) is 1.82. The van der Waals surface area contributed by atoms with E-state index >= 15 is 0 Å². The van der Waals surface area contributed by atoms with Crippen LogP contribution in [-0.4, -0.2) is 15.0 Å². The maximum absolute atomic E-state index is 13.1. The van der Waals surface area contributed by atoms with E-state index in [9.17, 15) is 4.39 Å². The van der Waals surface area contributed by atoms with Gasteiger partial charge in [0.2, 0.25) is 0 Å². The number of hydrogen-bond donors (Lipinski definition) is 1. The Labute approximate surface area is 105 Å². The van der Waals surface area contributed by atoms with Crippen LogP contribution in [0.5, 0.6) is 0 Å². The molecular weight excluding hydrogens is 285 g/mol. The summed E-state index contributed by atoms with van der Waals surface area (Å²) in [7, 11) is 0. The van der Waals surface area contributed by atoms with Gasteiger partial charge in [-0.05, 0) is 40.2 Å². The van der Waals surface area contributed by atoms with Gasteiger partial charge in [-0.25, -0.2) is 9.37 Å². The van der Waals surface area contributed by atoms with Gasteiger partial charge in [-0.15, -0.1) is 0 Å². The second kappa shape index (κ2) is 3.92. The second-order valence-electron chi connectivity index (χ2n) is 3.61. The van der Waals surface area contributed by atoms with Crippen molar-refractivity contribution in [2.24, 2.45) is 0 Å². The average Bonchev–Trinajstić information content (AvgIpc) is 2.76. The Balaban J connectivity index is 2.17. The number of halogens is 2. The maximum Gasteiger partial charge on any atom is 0.138 e. The molecule has 0 aliphatic heterocycles. The predicted octanol–water partition coefficient (Wildman–Crippen LogP) is 3.53. The molecule has 0 fully saturated rings. The van der Waals surface area contributed by atoms with Crippen molar-refractivity contribution in [3.63, 3.8) is 0 Å². The molecular formula is C12H7BrFN3. The molecule has 0 saturated carbocycles. The van der Waals surface area contributed by atoms with Crippen LogP contribution in [0, 0.1) is 5.82 Å².